The standard InChI is InChI=1S/C15H20F2N2O3S/c1-3-19(23(2,21)22)12-6-8-18(9-7-12)15(20)13-10-11(16)4-5-14(13)17/h4-5,10,12H,3,6-9H2,1-2H3. The fraction of sp³-hybridized carbons (Fsp3) is 0.533. The molecule has 0 unspecified atom stereocenters. The van der Waals surface area contributed by atoms with Crippen molar-refractivity contribution in [2.75, 3.05) is 25.9 Å². The quantitative estimate of drug-likeness (QED) is 0.836. The Kier molecular flexibility index (Phi) is 5.36. The summed E-state index contributed by atoms with van der Waals surface area (Å²) in [6.07, 6.45) is 2.11. The van der Waals surface area contributed by atoms with Gasteiger partial charge in [0.05, 0.1) is 11.8 Å². The van der Waals surface area contributed by atoms with Gasteiger partial charge in [0, 0.05) is 25.7 Å². The SMILES string of the molecule is CCN(C1CCN(C(=O)c2cc(F)ccc2F)CC1)S(C)(=O)=O. The molecule has 5 nitrogen and oxygen atoms in total. The fourth-order valence-corrected chi connectivity index (χ4v) is 4.17. The van der Waals surface area contributed by atoms with Crippen LogP contribution in [0.25, 0.3) is 0 Å². The number of nitrogens with zero attached hydrogens (tertiary/aromatic N) is 2. The third kappa shape index (κ3) is 4.06. The molecule has 128 valence electrons. The van der Waals surface area contributed by atoms with E-state index in [1.165, 1.54) is 9.21 Å². The van der Waals surface area contributed by atoms with Crippen LogP contribution in [0.15, 0.2) is 18.2 Å². The van der Waals surface area contributed by atoms with Crippen LogP contribution in [0.5, 0.6) is 0 Å². The highest BCUT2D eigenvalue weighted by molar-refractivity contribution is 7.88. The maximum Gasteiger partial charge on any atom is 0.256 e. The summed E-state index contributed by atoms with van der Waals surface area (Å²) < 4.78 is 51.8. The van der Waals surface area contributed by atoms with E-state index in [0.29, 0.717) is 32.5 Å². The lowest BCUT2D eigenvalue weighted by Gasteiger charge is -2.36. The molecule has 23 heavy (non-hydrogen) atoms. The number of piperidine rings is 1. The van der Waals surface area contributed by atoms with Crippen LogP contribution >= 0.6 is 0 Å². The van der Waals surface area contributed by atoms with E-state index >= 15 is 0 Å². The molecule has 0 saturated carbocycles. The van der Waals surface area contributed by atoms with Crippen molar-refractivity contribution >= 4 is 15.9 Å². The summed E-state index contributed by atoms with van der Waals surface area (Å²) in [4.78, 5) is 13.7. The van der Waals surface area contributed by atoms with Gasteiger partial charge in [-0.1, -0.05) is 6.92 Å². The van der Waals surface area contributed by atoms with Gasteiger partial charge in [0.2, 0.25) is 10.0 Å². The summed E-state index contributed by atoms with van der Waals surface area (Å²) in [7, 11) is -3.30. The topological polar surface area (TPSA) is 57.7 Å². The minimum absolute atomic E-state index is 0.170. The summed E-state index contributed by atoms with van der Waals surface area (Å²) in [5.41, 5.74) is -0.293. The van der Waals surface area contributed by atoms with Crippen molar-refractivity contribution in [1.82, 2.24) is 9.21 Å². The van der Waals surface area contributed by atoms with Crippen LogP contribution in [0.2, 0.25) is 0 Å². The lowest BCUT2D eigenvalue weighted by molar-refractivity contribution is 0.0675. The summed E-state index contributed by atoms with van der Waals surface area (Å²) >= 11 is 0. The van der Waals surface area contributed by atoms with Crippen molar-refractivity contribution in [1.29, 1.82) is 0 Å². The van der Waals surface area contributed by atoms with Crippen LogP contribution in [-0.2, 0) is 10.0 Å². The van der Waals surface area contributed by atoms with Crippen molar-refractivity contribution < 1.29 is 22.0 Å². The Hall–Kier alpha value is -1.54. The Morgan fingerprint density at radius 3 is 2.43 bits per heavy atom. The number of benzene rings is 1. The number of hydrogen-bond donors (Lipinski definition) is 0. The number of sulfonamides is 1. The van der Waals surface area contributed by atoms with Crippen molar-refractivity contribution in [3.05, 3.63) is 35.4 Å². The molecule has 8 heteroatoms. The van der Waals surface area contributed by atoms with Gasteiger partial charge in [-0.3, -0.25) is 4.79 Å². The highest BCUT2D eigenvalue weighted by atomic mass is 32.2. The average molecular weight is 346 g/mol. The molecule has 0 aliphatic carbocycles. The van der Waals surface area contributed by atoms with E-state index in [1.807, 2.05) is 0 Å². The molecular formula is C15H20F2N2O3S. The Labute approximate surface area is 134 Å². The van der Waals surface area contributed by atoms with E-state index in [-0.39, 0.29) is 11.6 Å². The molecule has 0 spiro atoms. The number of amides is 1. The number of hydrogen-bond acceptors (Lipinski definition) is 3. The van der Waals surface area contributed by atoms with Gasteiger partial charge in [0.15, 0.2) is 0 Å². The zero-order valence-electron chi connectivity index (χ0n) is 13.1. The van der Waals surface area contributed by atoms with Gasteiger partial charge in [-0.05, 0) is 31.0 Å². The number of likely N-dealkylation sites (tertiary alicyclic amines) is 1. The molecule has 0 atom stereocenters. The van der Waals surface area contributed by atoms with Gasteiger partial charge in [0.25, 0.3) is 5.91 Å². The number of halogens is 2. The van der Waals surface area contributed by atoms with Crippen LogP contribution in [0, 0.1) is 11.6 Å². The predicted molar refractivity (Wildman–Crippen MR) is 82.5 cm³/mol. The first kappa shape index (κ1) is 17.8. The van der Waals surface area contributed by atoms with Gasteiger partial charge in [-0.15, -0.1) is 0 Å². The fourth-order valence-electron chi connectivity index (χ4n) is 2.95. The molecule has 0 bridgehead atoms. The number of carbonyl (C=O) groups excluding carboxylic acids is 1. The van der Waals surface area contributed by atoms with Crippen molar-refractivity contribution in [3.8, 4) is 0 Å². The minimum Gasteiger partial charge on any atom is -0.338 e. The van der Waals surface area contributed by atoms with E-state index < -0.39 is 27.6 Å². The maximum absolute atomic E-state index is 13.7. The van der Waals surface area contributed by atoms with Crippen LogP contribution in [0.3, 0.4) is 0 Å². The number of carbonyl (C=O) groups is 1. The second-order valence-corrected chi connectivity index (χ2v) is 7.55. The molecule has 1 aliphatic rings. The minimum atomic E-state index is -3.30. The molecule has 1 aromatic carbocycles. The molecule has 1 saturated heterocycles. The monoisotopic (exact) mass is 346 g/mol. The highest BCUT2D eigenvalue weighted by Gasteiger charge is 2.31. The molecule has 0 radical (unpaired) electrons. The summed E-state index contributed by atoms with van der Waals surface area (Å²) in [6, 6.07) is 2.61. The number of rotatable bonds is 4. The molecule has 1 aromatic rings. The highest BCUT2D eigenvalue weighted by Crippen LogP contribution is 2.21. The molecule has 1 heterocycles. The molecular weight excluding hydrogens is 326 g/mol. The smallest absolute Gasteiger partial charge is 0.256 e. The maximum atomic E-state index is 13.7. The van der Waals surface area contributed by atoms with E-state index in [0.717, 1.165) is 24.5 Å². The predicted octanol–water partition coefficient (Wildman–Crippen LogP) is 1.85. The molecule has 1 aliphatic heterocycles. The molecule has 0 aromatic heterocycles. The first-order valence-corrected chi connectivity index (χ1v) is 9.30. The van der Waals surface area contributed by atoms with E-state index in [1.54, 1.807) is 6.92 Å². The second kappa shape index (κ2) is 6.92. The first-order chi connectivity index (χ1) is 10.7. The van der Waals surface area contributed by atoms with Gasteiger partial charge in [0.1, 0.15) is 11.6 Å². The van der Waals surface area contributed by atoms with Gasteiger partial charge < -0.3 is 4.90 Å². The lowest BCUT2D eigenvalue weighted by Crippen LogP contribution is -2.48. The largest absolute Gasteiger partial charge is 0.338 e. The van der Waals surface area contributed by atoms with Crippen LogP contribution in [-0.4, -0.2) is 55.5 Å². The third-order valence-corrected chi connectivity index (χ3v) is 5.46. The van der Waals surface area contributed by atoms with Crippen LogP contribution in [0.4, 0.5) is 8.78 Å². The summed E-state index contributed by atoms with van der Waals surface area (Å²) in [6.45, 7) is 2.76. The van der Waals surface area contributed by atoms with Crippen LogP contribution in [0.1, 0.15) is 30.1 Å². The second-order valence-electron chi connectivity index (χ2n) is 5.61. The van der Waals surface area contributed by atoms with E-state index in [2.05, 4.69) is 0 Å². The summed E-state index contributed by atoms with van der Waals surface area (Å²) in [5.74, 6) is -1.99. The van der Waals surface area contributed by atoms with Crippen molar-refractivity contribution in [2.45, 2.75) is 25.8 Å². The summed E-state index contributed by atoms with van der Waals surface area (Å²) in [5, 5.41) is 0. The molecule has 2 rings (SSSR count). The zero-order valence-corrected chi connectivity index (χ0v) is 13.9. The van der Waals surface area contributed by atoms with Crippen molar-refractivity contribution in [3.63, 3.8) is 0 Å². The average Bonchev–Trinajstić information content (AvgIpc) is 2.49. The normalized spacial score (nSPS) is 16.8. The van der Waals surface area contributed by atoms with E-state index in [9.17, 15) is 22.0 Å². The third-order valence-electron chi connectivity index (χ3n) is 4.06. The van der Waals surface area contributed by atoms with Crippen LogP contribution < -0.4 is 0 Å². The Bertz CT molecular complexity index is 686. The molecule has 0 N–H and O–H groups in total. The molecule has 1 fully saturated rings. The zero-order chi connectivity index (χ0) is 17.2. The first-order valence-electron chi connectivity index (χ1n) is 7.45. The molecule has 1 amide bonds. The van der Waals surface area contributed by atoms with Gasteiger partial charge >= 0.3 is 0 Å². The Balaban J connectivity index is 2.07. The van der Waals surface area contributed by atoms with Gasteiger partial charge in [-0.25, -0.2) is 17.2 Å². The van der Waals surface area contributed by atoms with Crippen molar-refractivity contribution in [2.24, 2.45) is 0 Å². The van der Waals surface area contributed by atoms with Gasteiger partial charge in [-0.2, -0.15) is 4.31 Å². The lowest BCUT2D eigenvalue weighted by atomic mass is 10.0. The Morgan fingerprint density at radius 1 is 1.30 bits per heavy atom. The Morgan fingerprint density at radius 2 is 1.91 bits per heavy atom. The van der Waals surface area contributed by atoms with E-state index in [4.69, 9.17) is 0 Å².